The molecule has 6 heteroatoms. The van der Waals surface area contributed by atoms with Crippen LogP contribution < -0.4 is 5.32 Å². The second-order valence-electron chi connectivity index (χ2n) is 5.45. The van der Waals surface area contributed by atoms with Crippen molar-refractivity contribution in [2.45, 2.75) is 50.7 Å². The Kier molecular flexibility index (Phi) is 6.10. The van der Waals surface area contributed by atoms with Crippen molar-refractivity contribution < 1.29 is 18.0 Å². The highest BCUT2D eigenvalue weighted by atomic mass is 19.4. The van der Waals surface area contributed by atoms with E-state index in [1.807, 2.05) is 0 Å². The Morgan fingerprint density at radius 3 is 2.58 bits per heavy atom. The maximum Gasteiger partial charge on any atom is 0.391 e. The molecule has 1 rings (SSSR count). The number of nitrogens with one attached hydrogen (secondary N) is 1. The summed E-state index contributed by atoms with van der Waals surface area (Å²) in [5.74, 6) is -1.11. The standard InChI is InChI=1S/C13H23F3N2O/c1-18(2)12(19)7-4-8-17-11-6-3-5-10(9-11)13(14,15)16/h10-11,17H,3-9H2,1-2H3. The van der Waals surface area contributed by atoms with Crippen LogP contribution in [0.5, 0.6) is 0 Å². The molecule has 0 radical (unpaired) electrons. The number of amides is 1. The van der Waals surface area contributed by atoms with E-state index in [0.29, 0.717) is 25.8 Å². The normalized spacial score (nSPS) is 24.3. The fourth-order valence-corrected chi connectivity index (χ4v) is 2.44. The van der Waals surface area contributed by atoms with Crippen LogP contribution in [-0.4, -0.2) is 43.7 Å². The molecule has 2 unspecified atom stereocenters. The van der Waals surface area contributed by atoms with Gasteiger partial charge >= 0.3 is 6.18 Å². The number of halogens is 3. The Balaban J connectivity index is 2.21. The summed E-state index contributed by atoms with van der Waals surface area (Å²) in [5, 5.41) is 3.15. The maximum absolute atomic E-state index is 12.6. The van der Waals surface area contributed by atoms with E-state index in [0.717, 1.165) is 6.42 Å². The number of carbonyl (C=O) groups is 1. The fourth-order valence-electron chi connectivity index (χ4n) is 2.44. The van der Waals surface area contributed by atoms with Crippen LogP contribution in [0.4, 0.5) is 13.2 Å². The van der Waals surface area contributed by atoms with Gasteiger partial charge in [0.05, 0.1) is 5.92 Å². The van der Waals surface area contributed by atoms with Crippen LogP contribution >= 0.6 is 0 Å². The first-order valence-corrected chi connectivity index (χ1v) is 6.81. The van der Waals surface area contributed by atoms with E-state index in [4.69, 9.17) is 0 Å². The van der Waals surface area contributed by atoms with Gasteiger partial charge in [0, 0.05) is 26.6 Å². The molecule has 1 aliphatic rings. The van der Waals surface area contributed by atoms with Gasteiger partial charge in [0.25, 0.3) is 0 Å². The second-order valence-corrected chi connectivity index (χ2v) is 5.45. The van der Waals surface area contributed by atoms with Gasteiger partial charge in [-0.3, -0.25) is 4.79 Å². The van der Waals surface area contributed by atoms with E-state index in [9.17, 15) is 18.0 Å². The third-order valence-electron chi connectivity index (χ3n) is 3.64. The quantitative estimate of drug-likeness (QED) is 0.785. The van der Waals surface area contributed by atoms with Crippen molar-refractivity contribution in [2.24, 2.45) is 5.92 Å². The third kappa shape index (κ3) is 5.80. The smallest absolute Gasteiger partial charge is 0.349 e. The number of alkyl halides is 3. The molecule has 1 amide bonds. The van der Waals surface area contributed by atoms with Crippen molar-refractivity contribution in [1.29, 1.82) is 0 Å². The Morgan fingerprint density at radius 1 is 1.32 bits per heavy atom. The molecule has 19 heavy (non-hydrogen) atoms. The van der Waals surface area contributed by atoms with Crippen molar-refractivity contribution in [1.82, 2.24) is 10.2 Å². The first-order valence-electron chi connectivity index (χ1n) is 6.81. The summed E-state index contributed by atoms with van der Waals surface area (Å²) in [7, 11) is 3.40. The van der Waals surface area contributed by atoms with Crippen molar-refractivity contribution >= 4 is 5.91 Å². The number of rotatable bonds is 5. The molecule has 0 spiro atoms. The molecule has 0 aliphatic heterocycles. The zero-order valence-electron chi connectivity index (χ0n) is 11.6. The van der Waals surface area contributed by atoms with Crippen molar-refractivity contribution in [3.8, 4) is 0 Å². The average Bonchev–Trinajstić information content (AvgIpc) is 2.33. The van der Waals surface area contributed by atoms with E-state index in [1.54, 1.807) is 14.1 Å². The van der Waals surface area contributed by atoms with Gasteiger partial charge in [0.2, 0.25) is 5.91 Å². The molecule has 0 aromatic rings. The topological polar surface area (TPSA) is 32.3 Å². The summed E-state index contributed by atoms with van der Waals surface area (Å²) in [6.45, 7) is 0.606. The van der Waals surface area contributed by atoms with Gasteiger partial charge in [-0.05, 0) is 32.2 Å². The van der Waals surface area contributed by atoms with Crippen LogP contribution in [0.2, 0.25) is 0 Å². The van der Waals surface area contributed by atoms with Crippen molar-refractivity contribution in [2.75, 3.05) is 20.6 Å². The highest BCUT2D eigenvalue weighted by molar-refractivity contribution is 5.75. The molecule has 1 fully saturated rings. The van der Waals surface area contributed by atoms with Gasteiger partial charge in [0.15, 0.2) is 0 Å². The summed E-state index contributed by atoms with van der Waals surface area (Å²) in [4.78, 5) is 12.9. The molecule has 1 N–H and O–H groups in total. The van der Waals surface area contributed by atoms with E-state index in [2.05, 4.69) is 5.32 Å². The van der Waals surface area contributed by atoms with Crippen LogP contribution in [0.25, 0.3) is 0 Å². The lowest BCUT2D eigenvalue weighted by molar-refractivity contribution is -0.183. The number of nitrogens with zero attached hydrogens (tertiary/aromatic N) is 1. The Hall–Kier alpha value is -0.780. The molecular weight excluding hydrogens is 257 g/mol. The van der Waals surface area contributed by atoms with Gasteiger partial charge in [-0.25, -0.2) is 0 Å². The summed E-state index contributed by atoms with van der Waals surface area (Å²) in [6, 6.07) is -0.0603. The van der Waals surface area contributed by atoms with Crippen LogP contribution in [0.15, 0.2) is 0 Å². The number of hydrogen-bond donors (Lipinski definition) is 1. The first kappa shape index (κ1) is 16.3. The molecule has 0 saturated heterocycles. The number of carbonyl (C=O) groups excluding carboxylic acids is 1. The SMILES string of the molecule is CN(C)C(=O)CCCNC1CCCC(C(F)(F)F)C1. The highest BCUT2D eigenvalue weighted by Gasteiger charge is 2.41. The molecule has 3 nitrogen and oxygen atoms in total. The summed E-state index contributed by atoms with van der Waals surface area (Å²) in [6.07, 6.45) is -1.11. The minimum absolute atomic E-state index is 0.0543. The zero-order chi connectivity index (χ0) is 14.5. The van der Waals surface area contributed by atoms with E-state index in [1.165, 1.54) is 4.90 Å². The van der Waals surface area contributed by atoms with Gasteiger partial charge in [-0.1, -0.05) is 6.42 Å². The predicted molar refractivity (Wildman–Crippen MR) is 67.7 cm³/mol. The van der Waals surface area contributed by atoms with Crippen molar-refractivity contribution in [3.05, 3.63) is 0 Å². The Bertz CT molecular complexity index is 292. The molecule has 2 atom stereocenters. The average molecular weight is 280 g/mol. The molecule has 0 heterocycles. The molecule has 0 bridgehead atoms. The van der Waals surface area contributed by atoms with Crippen LogP contribution in [0, 0.1) is 5.92 Å². The van der Waals surface area contributed by atoms with Gasteiger partial charge in [0.1, 0.15) is 0 Å². The van der Waals surface area contributed by atoms with E-state index in [-0.39, 0.29) is 24.8 Å². The summed E-state index contributed by atoms with van der Waals surface area (Å²) in [5.41, 5.74) is 0. The zero-order valence-corrected chi connectivity index (χ0v) is 11.6. The first-order chi connectivity index (χ1) is 8.80. The van der Waals surface area contributed by atoms with Gasteiger partial charge in [-0.15, -0.1) is 0 Å². The number of hydrogen-bond acceptors (Lipinski definition) is 2. The minimum atomic E-state index is -4.07. The molecular formula is C13H23F3N2O. The lowest BCUT2D eigenvalue weighted by Crippen LogP contribution is -2.39. The van der Waals surface area contributed by atoms with Crippen LogP contribution in [0.1, 0.15) is 38.5 Å². The van der Waals surface area contributed by atoms with E-state index < -0.39 is 12.1 Å². The predicted octanol–water partition coefficient (Wildman–Crippen LogP) is 2.57. The molecule has 1 aliphatic carbocycles. The summed E-state index contributed by atoms with van der Waals surface area (Å²) < 4.78 is 37.9. The monoisotopic (exact) mass is 280 g/mol. The third-order valence-corrected chi connectivity index (χ3v) is 3.64. The maximum atomic E-state index is 12.6. The Labute approximate surface area is 112 Å². The Morgan fingerprint density at radius 2 is 2.00 bits per heavy atom. The van der Waals surface area contributed by atoms with Crippen LogP contribution in [-0.2, 0) is 4.79 Å². The lowest BCUT2D eigenvalue weighted by Gasteiger charge is -2.31. The fraction of sp³-hybridized carbons (Fsp3) is 0.923. The van der Waals surface area contributed by atoms with Crippen LogP contribution in [0.3, 0.4) is 0 Å². The van der Waals surface area contributed by atoms with Gasteiger partial charge < -0.3 is 10.2 Å². The summed E-state index contributed by atoms with van der Waals surface area (Å²) >= 11 is 0. The largest absolute Gasteiger partial charge is 0.391 e. The molecule has 1 saturated carbocycles. The molecule has 0 aromatic heterocycles. The highest BCUT2D eigenvalue weighted by Crippen LogP contribution is 2.37. The van der Waals surface area contributed by atoms with Gasteiger partial charge in [-0.2, -0.15) is 13.2 Å². The van der Waals surface area contributed by atoms with E-state index >= 15 is 0 Å². The molecule has 112 valence electrons. The minimum Gasteiger partial charge on any atom is -0.349 e. The van der Waals surface area contributed by atoms with Crippen molar-refractivity contribution in [3.63, 3.8) is 0 Å². The lowest BCUT2D eigenvalue weighted by atomic mass is 9.85. The molecule has 0 aromatic carbocycles. The second kappa shape index (κ2) is 7.12.